The largest absolute Gasteiger partial charge is 0.444 e. The highest BCUT2D eigenvalue weighted by molar-refractivity contribution is 5.67. The van der Waals surface area contributed by atoms with Crippen molar-refractivity contribution in [1.29, 1.82) is 0 Å². The van der Waals surface area contributed by atoms with Gasteiger partial charge in [0.25, 0.3) is 0 Å². The molecule has 18 heavy (non-hydrogen) atoms. The smallest absolute Gasteiger partial charge is 0.407 e. The molecular formula is C12H22N4O2. The van der Waals surface area contributed by atoms with Crippen LogP contribution >= 0.6 is 0 Å². The summed E-state index contributed by atoms with van der Waals surface area (Å²) in [6, 6.07) is 0. The number of alkyl carbamates (subject to hydrolysis) is 1. The second kappa shape index (κ2) is 6.39. The topological polar surface area (TPSA) is 82.2 Å². The van der Waals surface area contributed by atoms with Crippen molar-refractivity contribution in [2.24, 2.45) is 5.73 Å². The van der Waals surface area contributed by atoms with Gasteiger partial charge in [0.15, 0.2) is 0 Å². The average Bonchev–Trinajstić information content (AvgIpc) is 2.64. The van der Waals surface area contributed by atoms with Gasteiger partial charge in [-0.05, 0) is 20.8 Å². The molecule has 0 spiro atoms. The number of imidazole rings is 1. The van der Waals surface area contributed by atoms with Gasteiger partial charge in [0.1, 0.15) is 5.60 Å². The maximum Gasteiger partial charge on any atom is 0.407 e. The third kappa shape index (κ3) is 5.18. The number of nitrogens with one attached hydrogen (secondary N) is 1. The van der Waals surface area contributed by atoms with Gasteiger partial charge in [0.05, 0.1) is 6.33 Å². The van der Waals surface area contributed by atoms with Gasteiger partial charge in [-0.3, -0.25) is 0 Å². The van der Waals surface area contributed by atoms with Crippen LogP contribution in [-0.2, 0) is 17.7 Å². The summed E-state index contributed by atoms with van der Waals surface area (Å²) in [4.78, 5) is 15.5. The number of ether oxygens (including phenoxy) is 1. The number of carbonyl (C=O) groups excluding carboxylic acids is 1. The minimum atomic E-state index is -0.467. The van der Waals surface area contributed by atoms with E-state index >= 15 is 0 Å². The van der Waals surface area contributed by atoms with Crippen LogP contribution in [0.3, 0.4) is 0 Å². The molecule has 0 radical (unpaired) electrons. The Morgan fingerprint density at radius 3 is 2.89 bits per heavy atom. The number of aromatic nitrogens is 2. The molecule has 0 atom stereocenters. The molecule has 0 bridgehead atoms. The van der Waals surface area contributed by atoms with Crippen LogP contribution in [0.2, 0.25) is 0 Å². The van der Waals surface area contributed by atoms with Crippen molar-refractivity contribution >= 4 is 6.09 Å². The van der Waals surface area contributed by atoms with Crippen molar-refractivity contribution in [1.82, 2.24) is 14.9 Å². The highest BCUT2D eigenvalue weighted by Crippen LogP contribution is 2.06. The standard InChI is InChI=1S/C12H22N4O2/c1-12(2,3)18-11(17)15-6-4-10-8-14-9-16(10)7-5-13/h8-9H,4-7,13H2,1-3H3,(H,15,17). The molecule has 3 N–H and O–H groups in total. The first kappa shape index (κ1) is 14.5. The Morgan fingerprint density at radius 1 is 1.56 bits per heavy atom. The molecule has 6 heteroatoms. The minimum absolute atomic E-state index is 0.396. The molecule has 1 aromatic rings. The summed E-state index contributed by atoms with van der Waals surface area (Å²) in [5.74, 6) is 0. The lowest BCUT2D eigenvalue weighted by Gasteiger charge is -2.19. The Hall–Kier alpha value is -1.56. The summed E-state index contributed by atoms with van der Waals surface area (Å²) in [7, 11) is 0. The zero-order valence-electron chi connectivity index (χ0n) is 11.3. The van der Waals surface area contributed by atoms with Crippen molar-refractivity contribution in [3.63, 3.8) is 0 Å². The maximum atomic E-state index is 11.4. The first-order valence-corrected chi connectivity index (χ1v) is 6.08. The Bertz CT molecular complexity index is 382. The molecule has 6 nitrogen and oxygen atoms in total. The fourth-order valence-corrected chi connectivity index (χ4v) is 1.50. The molecule has 0 saturated heterocycles. The Morgan fingerprint density at radius 2 is 2.28 bits per heavy atom. The zero-order chi connectivity index (χ0) is 13.6. The van der Waals surface area contributed by atoms with Crippen molar-refractivity contribution in [3.8, 4) is 0 Å². The molecule has 0 aliphatic carbocycles. The van der Waals surface area contributed by atoms with Crippen LogP contribution in [0, 0.1) is 0 Å². The summed E-state index contributed by atoms with van der Waals surface area (Å²) < 4.78 is 7.13. The number of hydrogen-bond acceptors (Lipinski definition) is 4. The highest BCUT2D eigenvalue weighted by Gasteiger charge is 2.15. The van der Waals surface area contributed by atoms with Crippen LogP contribution in [0.5, 0.6) is 0 Å². The lowest BCUT2D eigenvalue weighted by molar-refractivity contribution is 0.0528. The SMILES string of the molecule is CC(C)(C)OC(=O)NCCc1cncn1CCN. The molecule has 1 rings (SSSR count). The lowest BCUT2D eigenvalue weighted by atomic mass is 10.2. The van der Waals surface area contributed by atoms with Crippen LogP contribution in [0.15, 0.2) is 12.5 Å². The summed E-state index contributed by atoms with van der Waals surface area (Å²) in [6.45, 7) is 7.34. The van der Waals surface area contributed by atoms with Gasteiger partial charge in [0.2, 0.25) is 0 Å². The van der Waals surface area contributed by atoms with E-state index in [0.29, 0.717) is 19.5 Å². The van der Waals surface area contributed by atoms with Gasteiger partial charge in [-0.25, -0.2) is 9.78 Å². The van der Waals surface area contributed by atoms with Gasteiger partial charge < -0.3 is 20.4 Å². The second-order valence-electron chi connectivity index (χ2n) is 5.05. The van der Waals surface area contributed by atoms with Crippen molar-refractivity contribution in [2.45, 2.75) is 39.3 Å². The number of nitrogens with zero attached hydrogens (tertiary/aromatic N) is 2. The third-order valence-electron chi connectivity index (χ3n) is 2.22. The van der Waals surface area contributed by atoms with Gasteiger partial charge in [-0.15, -0.1) is 0 Å². The van der Waals surface area contributed by atoms with E-state index in [1.807, 2.05) is 25.3 Å². The normalized spacial score (nSPS) is 11.3. The molecule has 0 aliphatic rings. The first-order chi connectivity index (χ1) is 8.42. The quantitative estimate of drug-likeness (QED) is 0.818. The molecular weight excluding hydrogens is 232 g/mol. The van der Waals surface area contributed by atoms with Crippen LogP contribution in [0.25, 0.3) is 0 Å². The molecule has 1 amide bonds. The summed E-state index contributed by atoms with van der Waals surface area (Å²) in [5, 5.41) is 2.71. The second-order valence-corrected chi connectivity index (χ2v) is 5.05. The monoisotopic (exact) mass is 254 g/mol. The summed E-state index contributed by atoms with van der Waals surface area (Å²) in [6.07, 6.45) is 3.84. The van der Waals surface area contributed by atoms with Gasteiger partial charge in [-0.2, -0.15) is 0 Å². The molecule has 1 heterocycles. The van der Waals surface area contributed by atoms with Crippen molar-refractivity contribution < 1.29 is 9.53 Å². The molecule has 0 fully saturated rings. The molecule has 0 aliphatic heterocycles. The van der Waals surface area contributed by atoms with Crippen LogP contribution in [0.1, 0.15) is 26.5 Å². The summed E-state index contributed by atoms with van der Waals surface area (Å²) in [5.41, 5.74) is 6.08. The van der Waals surface area contributed by atoms with E-state index < -0.39 is 11.7 Å². The van der Waals surface area contributed by atoms with Crippen molar-refractivity contribution in [2.75, 3.05) is 13.1 Å². The van der Waals surface area contributed by atoms with E-state index in [2.05, 4.69) is 10.3 Å². The maximum absolute atomic E-state index is 11.4. The van der Waals surface area contributed by atoms with Crippen LogP contribution in [-0.4, -0.2) is 34.3 Å². The number of carbonyl (C=O) groups is 1. The van der Waals surface area contributed by atoms with Gasteiger partial charge in [0, 0.05) is 37.9 Å². The van der Waals surface area contributed by atoms with Crippen molar-refractivity contribution in [3.05, 3.63) is 18.2 Å². The molecule has 1 aromatic heterocycles. The highest BCUT2D eigenvalue weighted by atomic mass is 16.6. The molecule has 0 aromatic carbocycles. The lowest BCUT2D eigenvalue weighted by Crippen LogP contribution is -2.33. The minimum Gasteiger partial charge on any atom is -0.444 e. The zero-order valence-corrected chi connectivity index (χ0v) is 11.3. The summed E-state index contributed by atoms with van der Waals surface area (Å²) >= 11 is 0. The predicted octanol–water partition coefficient (Wildman–Crippen LogP) is 0.909. The van der Waals surface area contributed by atoms with Crippen LogP contribution in [0.4, 0.5) is 4.79 Å². The average molecular weight is 254 g/mol. The molecule has 102 valence electrons. The van der Waals surface area contributed by atoms with E-state index in [-0.39, 0.29) is 0 Å². The van der Waals surface area contributed by atoms with E-state index in [4.69, 9.17) is 10.5 Å². The molecule has 0 unspecified atom stereocenters. The number of amides is 1. The van der Waals surface area contributed by atoms with E-state index in [0.717, 1.165) is 12.2 Å². The van der Waals surface area contributed by atoms with Crippen LogP contribution < -0.4 is 11.1 Å². The predicted molar refractivity (Wildman–Crippen MR) is 69.2 cm³/mol. The number of hydrogen-bond donors (Lipinski definition) is 2. The Balaban J connectivity index is 2.33. The number of rotatable bonds is 5. The van der Waals surface area contributed by atoms with Gasteiger partial charge in [-0.1, -0.05) is 0 Å². The third-order valence-corrected chi connectivity index (χ3v) is 2.22. The van der Waals surface area contributed by atoms with E-state index in [9.17, 15) is 4.79 Å². The Kier molecular flexibility index (Phi) is 5.15. The van der Waals surface area contributed by atoms with E-state index in [1.165, 1.54) is 0 Å². The van der Waals surface area contributed by atoms with E-state index in [1.54, 1.807) is 12.5 Å². The fraction of sp³-hybridized carbons (Fsp3) is 0.667. The Labute approximate surface area is 108 Å². The fourth-order valence-electron chi connectivity index (χ4n) is 1.50. The number of nitrogens with two attached hydrogens (primary N) is 1. The molecule has 0 saturated carbocycles. The van der Waals surface area contributed by atoms with Gasteiger partial charge >= 0.3 is 6.09 Å². The first-order valence-electron chi connectivity index (χ1n) is 6.08.